The highest BCUT2D eigenvalue weighted by molar-refractivity contribution is 7.90. The van der Waals surface area contributed by atoms with Crippen LogP contribution < -0.4 is 10.1 Å². The smallest absolute Gasteiger partial charge is 0.387 e. The van der Waals surface area contributed by atoms with Crippen molar-refractivity contribution in [3.05, 3.63) is 54.1 Å². The van der Waals surface area contributed by atoms with E-state index in [1.54, 1.807) is 0 Å². The highest BCUT2D eigenvalue weighted by Gasteiger charge is 2.24. The van der Waals surface area contributed by atoms with Gasteiger partial charge in [-0.2, -0.15) is 8.78 Å². The van der Waals surface area contributed by atoms with E-state index in [-0.39, 0.29) is 21.9 Å². The van der Waals surface area contributed by atoms with Crippen molar-refractivity contribution in [2.75, 3.05) is 11.6 Å². The molecule has 28 heavy (non-hydrogen) atoms. The van der Waals surface area contributed by atoms with Crippen LogP contribution in [0.15, 0.2) is 53.4 Å². The number of alkyl halides is 2. The summed E-state index contributed by atoms with van der Waals surface area (Å²) in [5.41, 5.74) is -0.252. The predicted octanol–water partition coefficient (Wildman–Crippen LogP) is 2.88. The summed E-state index contributed by atoms with van der Waals surface area (Å²) < 4.78 is 57.8. The molecule has 0 aliphatic rings. The SMILES string of the molecule is C[C@H](OC(=O)c1ccccc1S(C)(=O)=O)C(=O)Nc1ccccc1OC(F)F. The fraction of sp³-hybridized carbons (Fsp3) is 0.222. The Balaban J connectivity index is 2.13. The lowest BCUT2D eigenvalue weighted by atomic mass is 10.2. The largest absolute Gasteiger partial charge is 0.449 e. The van der Waals surface area contributed by atoms with Gasteiger partial charge in [0.15, 0.2) is 15.9 Å². The zero-order valence-electron chi connectivity index (χ0n) is 14.9. The van der Waals surface area contributed by atoms with Crippen molar-refractivity contribution in [2.24, 2.45) is 0 Å². The van der Waals surface area contributed by atoms with Gasteiger partial charge in [0.2, 0.25) is 0 Å². The molecule has 0 radical (unpaired) electrons. The van der Waals surface area contributed by atoms with Gasteiger partial charge in [0.1, 0.15) is 5.75 Å². The maximum atomic E-state index is 12.4. The van der Waals surface area contributed by atoms with E-state index in [1.807, 2.05) is 0 Å². The third-order valence-corrected chi connectivity index (χ3v) is 4.68. The van der Waals surface area contributed by atoms with Crippen molar-refractivity contribution in [2.45, 2.75) is 24.5 Å². The monoisotopic (exact) mass is 413 g/mol. The number of rotatable bonds is 7. The molecule has 1 atom stereocenters. The fourth-order valence-corrected chi connectivity index (χ4v) is 3.12. The molecule has 0 aliphatic heterocycles. The lowest BCUT2D eigenvalue weighted by Gasteiger charge is -2.16. The molecule has 0 fully saturated rings. The zero-order valence-corrected chi connectivity index (χ0v) is 15.7. The van der Waals surface area contributed by atoms with E-state index in [4.69, 9.17) is 4.74 Å². The number of benzene rings is 2. The topological polar surface area (TPSA) is 98.8 Å². The minimum atomic E-state index is -3.69. The Morgan fingerprint density at radius 2 is 1.64 bits per heavy atom. The van der Waals surface area contributed by atoms with Crippen LogP contribution in [0, 0.1) is 0 Å². The Labute approximate surface area is 160 Å². The van der Waals surface area contributed by atoms with Gasteiger partial charge >= 0.3 is 12.6 Å². The van der Waals surface area contributed by atoms with Crippen LogP contribution in [0.5, 0.6) is 5.75 Å². The first kappa shape index (κ1) is 21.3. The van der Waals surface area contributed by atoms with Crippen LogP contribution in [0.1, 0.15) is 17.3 Å². The lowest BCUT2D eigenvalue weighted by molar-refractivity contribution is -0.123. The third-order valence-electron chi connectivity index (χ3n) is 3.52. The summed E-state index contributed by atoms with van der Waals surface area (Å²) in [4.78, 5) is 24.3. The number of amides is 1. The number of carbonyl (C=O) groups is 2. The molecule has 0 aliphatic carbocycles. The molecule has 0 heterocycles. The second kappa shape index (κ2) is 8.79. The molecule has 2 aromatic carbocycles. The lowest BCUT2D eigenvalue weighted by Crippen LogP contribution is -2.30. The summed E-state index contributed by atoms with van der Waals surface area (Å²) >= 11 is 0. The van der Waals surface area contributed by atoms with Crippen molar-refractivity contribution >= 4 is 27.4 Å². The van der Waals surface area contributed by atoms with Crippen LogP contribution in [-0.4, -0.2) is 39.3 Å². The number of sulfone groups is 1. The number of hydrogen-bond acceptors (Lipinski definition) is 6. The molecule has 1 amide bonds. The predicted molar refractivity (Wildman–Crippen MR) is 96.1 cm³/mol. The van der Waals surface area contributed by atoms with Crippen LogP contribution in [-0.2, 0) is 19.4 Å². The van der Waals surface area contributed by atoms with E-state index in [9.17, 15) is 26.8 Å². The van der Waals surface area contributed by atoms with Crippen LogP contribution in [0.25, 0.3) is 0 Å². The number of hydrogen-bond donors (Lipinski definition) is 1. The molecule has 10 heteroatoms. The van der Waals surface area contributed by atoms with Gasteiger partial charge in [-0.25, -0.2) is 13.2 Å². The normalized spacial score (nSPS) is 12.3. The highest BCUT2D eigenvalue weighted by Crippen LogP contribution is 2.26. The van der Waals surface area contributed by atoms with Crippen LogP contribution >= 0.6 is 0 Å². The first-order valence-corrected chi connectivity index (χ1v) is 9.83. The molecular weight excluding hydrogens is 396 g/mol. The Morgan fingerprint density at radius 3 is 2.29 bits per heavy atom. The Kier molecular flexibility index (Phi) is 6.68. The quantitative estimate of drug-likeness (QED) is 0.701. The van der Waals surface area contributed by atoms with E-state index >= 15 is 0 Å². The average molecular weight is 413 g/mol. The van der Waals surface area contributed by atoms with Gasteiger partial charge in [-0.3, -0.25) is 4.79 Å². The Hall–Kier alpha value is -3.01. The van der Waals surface area contributed by atoms with E-state index < -0.39 is 34.4 Å². The van der Waals surface area contributed by atoms with Crippen molar-refractivity contribution in [1.29, 1.82) is 0 Å². The molecule has 0 unspecified atom stereocenters. The van der Waals surface area contributed by atoms with Gasteiger partial charge in [-0.15, -0.1) is 0 Å². The summed E-state index contributed by atoms with van der Waals surface area (Å²) in [6, 6.07) is 10.9. The van der Waals surface area contributed by atoms with E-state index in [0.29, 0.717) is 0 Å². The first-order chi connectivity index (χ1) is 13.1. The maximum Gasteiger partial charge on any atom is 0.387 e. The summed E-state index contributed by atoms with van der Waals surface area (Å²) in [6.07, 6.45) is -0.394. The van der Waals surface area contributed by atoms with Gasteiger partial charge in [0.25, 0.3) is 5.91 Å². The van der Waals surface area contributed by atoms with Crippen LogP contribution in [0.3, 0.4) is 0 Å². The average Bonchev–Trinajstić information content (AvgIpc) is 2.62. The number of ether oxygens (including phenoxy) is 2. The zero-order chi connectivity index (χ0) is 20.9. The molecule has 1 N–H and O–H groups in total. The van der Waals surface area contributed by atoms with Crippen LogP contribution in [0.2, 0.25) is 0 Å². The molecule has 2 aromatic rings. The number of halogens is 2. The van der Waals surface area contributed by atoms with E-state index in [0.717, 1.165) is 6.26 Å². The number of nitrogens with one attached hydrogen (secondary N) is 1. The summed E-state index contributed by atoms with van der Waals surface area (Å²) in [7, 11) is -3.69. The van der Waals surface area contributed by atoms with E-state index in [2.05, 4.69) is 10.1 Å². The molecular formula is C18H17F2NO6S. The van der Waals surface area contributed by atoms with Crippen molar-refractivity contribution in [1.82, 2.24) is 0 Å². The van der Waals surface area contributed by atoms with E-state index in [1.165, 1.54) is 55.5 Å². The van der Waals surface area contributed by atoms with Gasteiger partial charge in [-0.1, -0.05) is 24.3 Å². The summed E-state index contributed by atoms with van der Waals surface area (Å²) in [6.45, 7) is -1.83. The van der Waals surface area contributed by atoms with Crippen molar-refractivity contribution in [3.8, 4) is 5.75 Å². The molecule has 0 spiro atoms. The molecule has 0 saturated carbocycles. The second-order valence-electron chi connectivity index (χ2n) is 5.68. The summed E-state index contributed by atoms with van der Waals surface area (Å²) in [5.74, 6) is -2.08. The molecule has 7 nitrogen and oxygen atoms in total. The van der Waals surface area contributed by atoms with Gasteiger partial charge in [0, 0.05) is 6.26 Å². The third kappa shape index (κ3) is 5.49. The Morgan fingerprint density at radius 1 is 1.04 bits per heavy atom. The molecule has 0 aromatic heterocycles. The standard InChI is InChI=1S/C18H17F2NO6S/c1-11(16(22)21-13-8-4-5-9-14(13)27-18(19)20)26-17(23)12-7-3-6-10-15(12)28(2,24)25/h3-11,18H,1-2H3,(H,21,22)/t11-/m0/s1. The second-order valence-corrected chi connectivity index (χ2v) is 7.66. The number of carbonyl (C=O) groups excluding carboxylic acids is 2. The fourth-order valence-electron chi connectivity index (χ4n) is 2.24. The summed E-state index contributed by atoms with van der Waals surface area (Å²) in [5, 5.41) is 2.32. The highest BCUT2D eigenvalue weighted by atomic mass is 32.2. The number of esters is 1. The minimum absolute atomic E-state index is 0.0350. The van der Waals surface area contributed by atoms with Crippen LogP contribution in [0.4, 0.5) is 14.5 Å². The number of para-hydroxylation sites is 2. The molecule has 2 rings (SSSR count). The van der Waals surface area contributed by atoms with Gasteiger partial charge in [-0.05, 0) is 31.2 Å². The minimum Gasteiger partial charge on any atom is -0.449 e. The number of anilines is 1. The molecule has 0 saturated heterocycles. The van der Waals surface area contributed by atoms with Gasteiger partial charge < -0.3 is 14.8 Å². The Bertz CT molecular complexity index is 978. The van der Waals surface area contributed by atoms with Gasteiger partial charge in [0.05, 0.1) is 16.1 Å². The van der Waals surface area contributed by atoms with Crippen molar-refractivity contribution < 1.29 is 36.3 Å². The molecule has 0 bridgehead atoms. The maximum absolute atomic E-state index is 12.4. The van der Waals surface area contributed by atoms with Crippen molar-refractivity contribution in [3.63, 3.8) is 0 Å². The first-order valence-electron chi connectivity index (χ1n) is 7.94. The molecule has 150 valence electrons.